The van der Waals surface area contributed by atoms with Gasteiger partial charge in [0.1, 0.15) is 12.1 Å². The first-order valence-electron chi connectivity index (χ1n) is 5.23. The number of rotatable bonds is 5. The topological polar surface area (TPSA) is 37.8 Å². The van der Waals surface area contributed by atoms with Gasteiger partial charge in [0.15, 0.2) is 0 Å². The maximum absolute atomic E-state index is 12.9. The quantitative estimate of drug-likeness (QED) is 0.502. The van der Waals surface area contributed by atoms with Crippen LogP contribution in [0.2, 0.25) is 0 Å². The Bertz CT molecular complexity index is 464. The van der Waals surface area contributed by atoms with Gasteiger partial charge in [-0.25, -0.2) is 14.4 Å². The molecule has 0 spiro atoms. The molecule has 5 heteroatoms. The molecular formula is C12H12FN3S. The summed E-state index contributed by atoms with van der Waals surface area (Å²) in [5.74, 6) is 0.645. The Kier molecular flexibility index (Phi) is 4.32. The van der Waals surface area contributed by atoms with E-state index >= 15 is 0 Å². The van der Waals surface area contributed by atoms with Crippen molar-refractivity contribution in [3.63, 3.8) is 0 Å². The maximum Gasteiger partial charge on any atom is 0.125 e. The fraction of sp³-hybridized carbons (Fsp3) is 0.167. The first-order valence-corrected chi connectivity index (χ1v) is 6.21. The van der Waals surface area contributed by atoms with E-state index in [4.69, 9.17) is 0 Å². The smallest absolute Gasteiger partial charge is 0.125 e. The Morgan fingerprint density at radius 3 is 3.00 bits per heavy atom. The van der Waals surface area contributed by atoms with Gasteiger partial charge in [0.25, 0.3) is 0 Å². The molecular weight excluding hydrogens is 237 g/mol. The molecule has 1 aromatic carbocycles. The summed E-state index contributed by atoms with van der Waals surface area (Å²) in [5, 5.41) is 4.10. The van der Waals surface area contributed by atoms with E-state index in [0.29, 0.717) is 0 Å². The number of thioether (sulfide) groups is 1. The van der Waals surface area contributed by atoms with E-state index in [0.717, 1.165) is 23.0 Å². The lowest BCUT2D eigenvalue weighted by Gasteiger charge is -2.05. The second-order valence-electron chi connectivity index (χ2n) is 3.33. The van der Waals surface area contributed by atoms with E-state index in [2.05, 4.69) is 15.3 Å². The second-order valence-corrected chi connectivity index (χ2v) is 4.45. The first-order chi connectivity index (χ1) is 8.34. The van der Waals surface area contributed by atoms with Gasteiger partial charge in [-0.05, 0) is 24.3 Å². The van der Waals surface area contributed by atoms with Gasteiger partial charge in [0.05, 0.1) is 5.03 Å². The first kappa shape index (κ1) is 11.9. The number of nitrogens with zero attached hydrogens (tertiary/aromatic N) is 2. The monoisotopic (exact) mass is 249 g/mol. The third-order valence-electron chi connectivity index (χ3n) is 2.06. The highest BCUT2D eigenvalue weighted by Gasteiger charge is 1.96. The van der Waals surface area contributed by atoms with Crippen LogP contribution in [0.3, 0.4) is 0 Å². The molecule has 3 nitrogen and oxygen atoms in total. The lowest BCUT2D eigenvalue weighted by Crippen LogP contribution is -2.04. The Labute approximate surface area is 103 Å². The number of hydrogen-bond donors (Lipinski definition) is 1. The van der Waals surface area contributed by atoms with Crippen LogP contribution in [-0.2, 0) is 0 Å². The zero-order valence-electron chi connectivity index (χ0n) is 9.14. The maximum atomic E-state index is 12.9. The summed E-state index contributed by atoms with van der Waals surface area (Å²) in [5.41, 5.74) is 0.799. The normalized spacial score (nSPS) is 10.2. The van der Waals surface area contributed by atoms with Gasteiger partial charge in [-0.3, -0.25) is 0 Å². The molecule has 0 bridgehead atoms. The SMILES string of the molecule is Fc1cccc(NCCSc2ccncn2)c1. The molecule has 17 heavy (non-hydrogen) atoms. The van der Waals surface area contributed by atoms with Crippen molar-refractivity contribution >= 4 is 17.4 Å². The van der Waals surface area contributed by atoms with Gasteiger partial charge in [-0.15, -0.1) is 11.8 Å². The van der Waals surface area contributed by atoms with Crippen LogP contribution in [-0.4, -0.2) is 22.3 Å². The number of benzene rings is 1. The molecule has 88 valence electrons. The molecule has 0 saturated carbocycles. The molecule has 0 unspecified atom stereocenters. The number of nitrogens with one attached hydrogen (secondary N) is 1. The van der Waals surface area contributed by atoms with Crippen LogP contribution in [0, 0.1) is 5.82 Å². The van der Waals surface area contributed by atoms with Crippen LogP contribution < -0.4 is 5.32 Å². The van der Waals surface area contributed by atoms with E-state index < -0.39 is 0 Å². The molecule has 0 saturated heterocycles. The molecule has 1 aromatic heterocycles. The van der Waals surface area contributed by atoms with Crippen molar-refractivity contribution in [2.24, 2.45) is 0 Å². The molecule has 2 aromatic rings. The van der Waals surface area contributed by atoms with Gasteiger partial charge in [0.2, 0.25) is 0 Å². The summed E-state index contributed by atoms with van der Waals surface area (Å²) in [6, 6.07) is 8.32. The summed E-state index contributed by atoms with van der Waals surface area (Å²) in [7, 11) is 0. The molecule has 0 radical (unpaired) electrons. The predicted molar refractivity (Wildman–Crippen MR) is 67.6 cm³/mol. The van der Waals surface area contributed by atoms with Crippen LogP contribution >= 0.6 is 11.8 Å². The molecule has 2 rings (SSSR count). The van der Waals surface area contributed by atoms with Crippen molar-refractivity contribution in [1.82, 2.24) is 9.97 Å². The van der Waals surface area contributed by atoms with Gasteiger partial charge in [0, 0.05) is 24.2 Å². The third kappa shape index (κ3) is 4.03. The molecule has 0 atom stereocenters. The van der Waals surface area contributed by atoms with E-state index in [1.807, 2.05) is 12.1 Å². The van der Waals surface area contributed by atoms with E-state index in [1.54, 1.807) is 24.0 Å². The fourth-order valence-corrected chi connectivity index (χ4v) is 2.01. The lowest BCUT2D eigenvalue weighted by atomic mass is 10.3. The molecule has 0 aliphatic carbocycles. The number of anilines is 1. The number of halogens is 1. The van der Waals surface area contributed by atoms with Crippen molar-refractivity contribution in [3.05, 3.63) is 48.7 Å². The highest BCUT2D eigenvalue weighted by molar-refractivity contribution is 7.99. The average Bonchev–Trinajstić information content (AvgIpc) is 2.36. The summed E-state index contributed by atoms with van der Waals surface area (Å²) in [6.07, 6.45) is 3.25. The molecule has 0 aliphatic heterocycles. The van der Waals surface area contributed by atoms with Crippen molar-refractivity contribution in [2.75, 3.05) is 17.6 Å². The van der Waals surface area contributed by atoms with Gasteiger partial charge in [-0.2, -0.15) is 0 Å². The van der Waals surface area contributed by atoms with Crippen LogP contribution in [0.1, 0.15) is 0 Å². The zero-order chi connectivity index (χ0) is 11.9. The molecule has 0 fully saturated rings. The van der Waals surface area contributed by atoms with Crippen LogP contribution in [0.15, 0.2) is 47.9 Å². The highest BCUT2D eigenvalue weighted by Crippen LogP contribution is 2.14. The second kappa shape index (κ2) is 6.20. The van der Waals surface area contributed by atoms with Gasteiger partial charge >= 0.3 is 0 Å². The Morgan fingerprint density at radius 1 is 1.29 bits per heavy atom. The minimum atomic E-state index is -0.224. The third-order valence-corrected chi connectivity index (χ3v) is 3.01. The van der Waals surface area contributed by atoms with Crippen LogP contribution in [0.25, 0.3) is 0 Å². The molecule has 1 N–H and O–H groups in total. The van der Waals surface area contributed by atoms with Crippen LogP contribution in [0.4, 0.5) is 10.1 Å². The average molecular weight is 249 g/mol. The Morgan fingerprint density at radius 2 is 2.24 bits per heavy atom. The largest absolute Gasteiger partial charge is 0.384 e. The molecule has 1 heterocycles. The van der Waals surface area contributed by atoms with Gasteiger partial charge < -0.3 is 5.32 Å². The minimum absolute atomic E-state index is 0.224. The highest BCUT2D eigenvalue weighted by atomic mass is 32.2. The summed E-state index contributed by atoms with van der Waals surface area (Å²) >= 11 is 1.64. The van der Waals surface area contributed by atoms with Crippen LogP contribution in [0.5, 0.6) is 0 Å². The van der Waals surface area contributed by atoms with E-state index in [9.17, 15) is 4.39 Å². The summed E-state index contributed by atoms with van der Waals surface area (Å²) in [6.45, 7) is 0.762. The molecule has 0 aliphatic rings. The fourth-order valence-electron chi connectivity index (χ4n) is 1.31. The Balaban J connectivity index is 1.73. The van der Waals surface area contributed by atoms with Crippen molar-refractivity contribution in [1.29, 1.82) is 0 Å². The number of hydrogen-bond acceptors (Lipinski definition) is 4. The molecule has 0 amide bonds. The standard InChI is InChI=1S/C12H12FN3S/c13-10-2-1-3-11(8-10)15-6-7-17-12-4-5-14-9-16-12/h1-5,8-9,15H,6-7H2. The Hall–Kier alpha value is -1.62. The van der Waals surface area contributed by atoms with Crippen molar-refractivity contribution < 1.29 is 4.39 Å². The van der Waals surface area contributed by atoms with Crippen molar-refractivity contribution in [3.8, 4) is 0 Å². The van der Waals surface area contributed by atoms with E-state index in [-0.39, 0.29) is 5.82 Å². The summed E-state index contributed by atoms with van der Waals surface area (Å²) in [4.78, 5) is 7.95. The van der Waals surface area contributed by atoms with E-state index in [1.165, 1.54) is 18.5 Å². The van der Waals surface area contributed by atoms with Gasteiger partial charge in [-0.1, -0.05) is 6.07 Å². The minimum Gasteiger partial charge on any atom is -0.384 e. The summed E-state index contributed by atoms with van der Waals surface area (Å²) < 4.78 is 12.9. The van der Waals surface area contributed by atoms with Crippen molar-refractivity contribution in [2.45, 2.75) is 5.03 Å². The lowest BCUT2D eigenvalue weighted by molar-refractivity contribution is 0.628. The predicted octanol–water partition coefficient (Wildman–Crippen LogP) is 2.82. The number of aromatic nitrogens is 2. The zero-order valence-corrected chi connectivity index (χ0v) is 9.95.